The molecule has 0 aromatic heterocycles. The van der Waals surface area contributed by atoms with Gasteiger partial charge in [0.25, 0.3) is 0 Å². The van der Waals surface area contributed by atoms with E-state index in [4.69, 9.17) is 30.5 Å². The molecule has 0 saturated carbocycles. The van der Waals surface area contributed by atoms with Crippen molar-refractivity contribution in [2.75, 3.05) is 6.61 Å². The maximum absolute atomic E-state index is 13.0. The smallest absolute Gasteiger partial charge is 0.338 e. The summed E-state index contributed by atoms with van der Waals surface area (Å²) in [6.45, 7) is 0.840. The van der Waals surface area contributed by atoms with Gasteiger partial charge < -0.3 is 24.3 Å². The molecule has 0 radical (unpaired) electrons. The van der Waals surface area contributed by atoms with Crippen LogP contribution in [0.25, 0.3) is 0 Å². The van der Waals surface area contributed by atoms with Gasteiger partial charge in [-0.25, -0.2) is 14.4 Å². The number of carbonyl (C=O) groups excluding carboxylic acids is 4. The molecule has 4 rings (SSSR count). The third-order valence-corrected chi connectivity index (χ3v) is 6.33. The van der Waals surface area contributed by atoms with Crippen LogP contribution in [-0.4, -0.2) is 60.3 Å². The Kier molecular flexibility index (Phi) is 9.30. The number of benzene rings is 3. The van der Waals surface area contributed by atoms with E-state index in [0.29, 0.717) is 0 Å². The summed E-state index contributed by atoms with van der Waals surface area (Å²) >= 11 is 6.61. The number of alkyl halides is 1. The van der Waals surface area contributed by atoms with Crippen molar-refractivity contribution in [2.45, 2.75) is 36.8 Å². The van der Waals surface area contributed by atoms with Crippen LogP contribution in [0.2, 0.25) is 0 Å². The molecule has 3 aromatic carbocycles. The molecule has 0 bridgehead atoms. The number of nitrogens with one attached hydrogen (secondary N) is 1. The lowest BCUT2D eigenvalue weighted by Gasteiger charge is -2.27. The standard InChI is InChI=1S/C29H26ClNO8/c1-18(32)31-26-23(30)25(39-29(35)21-15-9-4-10-16-21)24(38-26)22(37-28(34)20-13-7-3-8-14-20)17-36-27(33)19-11-5-2-6-12-19/h2-16,22-26H,17H2,1H3,(H,31,32)/t22-,23-,24-,25-,26-/m1/s1. The van der Waals surface area contributed by atoms with Crippen molar-refractivity contribution in [1.29, 1.82) is 0 Å². The predicted octanol–water partition coefficient (Wildman–Crippen LogP) is 3.76. The lowest BCUT2D eigenvalue weighted by molar-refractivity contribution is -0.127. The first kappa shape index (κ1) is 27.8. The Hall–Kier alpha value is -4.21. The fraction of sp³-hybridized carbons (Fsp3) is 0.241. The Balaban J connectivity index is 1.61. The molecule has 1 aliphatic rings. The van der Waals surface area contributed by atoms with Crippen molar-refractivity contribution in [3.8, 4) is 0 Å². The van der Waals surface area contributed by atoms with Crippen molar-refractivity contribution in [1.82, 2.24) is 5.32 Å². The molecule has 10 heteroatoms. The van der Waals surface area contributed by atoms with E-state index in [1.807, 2.05) is 0 Å². The molecule has 0 spiro atoms. The van der Waals surface area contributed by atoms with Crippen LogP contribution in [-0.2, 0) is 23.7 Å². The molecule has 9 nitrogen and oxygen atoms in total. The molecule has 1 heterocycles. The molecule has 1 aliphatic heterocycles. The average molecular weight is 552 g/mol. The van der Waals surface area contributed by atoms with E-state index >= 15 is 0 Å². The molecule has 1 N–H and O–H groups in total. The summed E-state index contributed by atoms with van der Waals surface area (Å²) in [6.07, 6.45) is -4.70. The first-order chi connectivity index (χ1) is 18.8. The van der Waals surface area contributed by atoms with E-state index < -0.39 is 60.3 Å². The van der Waals surface area contributed by atoms with Crippen LogP contribution in [0.1, 0.15) is 38.0 Å². The monoisotopic (exact) mass is 551 g/mol. The van der Waals surface area contributed by atoms with Gasteiger partial charge in [-0.05, 0) is 36.4 Å². The van der Waals surface area contributed by atoms with Crippen LogP contribution in [0.3, 0.4) is 0 Å². The minimum absolute atomic E-state index is 0.244. The van der Waals surface area contributed by atoms with Crippen molar-refractivity contribution >= 4 is 35.4 Å². The van der Waals surface area contributed by atoms with Crippen LogP contribution in [0, 0.1) is 0 Å². The fourth-order valence-electron chi connectivity index (χ4n) is 3.98. The summed E-state index contributed by atoms with van der Waals surface area (Å²) in [5.74, 6) is -2.51. The SMILES string of the molecule is CC(=O)N[C@@H]1O[C@H]([C@@H](COC(=O)c2ccccc2)OC(=O)c2ccccc2)[C@H](OC(=O)c2ccccc2)[C@H]1Cl. The molecule has 3 aromatic rings. The summed E-state index contributed by atoms with van der Waals surface area (Å²) in [5.41, 5.74) is 0.793. The molecule has 39 heavy (non-hydrogen) atoms. The third kappa shape index (κ3) is 7.22. The van der Waals surface area contributed by atoms with E-state index in [2.05, 4.69) is 5.32 Å². The Labute approximate surface area is 230 Å². The van der Waals surface area contributed by atoms with E-state index in [1.54, 1.807) is 91.0 Å². The highest BCUT2D eigenvalue weighted by Crippen LogP contribution is 2.32. The minimum Gasteiger partial charge on any atom is -0.458 e. The number of carbonyl (C=O) groups is 4. The second-order valence-electron chi connectivity index (χ2n) is 8.68. The van der Waals surface area contributed by atoms with Crippen LogP contribution < -0.4 is 5.32 Å². The lowest BCUT2D eigenvalue weighted by Crippen LogP contribution is -2.45. The van der Waals surface area contributed by atoms with Gasteiger partial charge >= 0.3 is 17.9 Å². The van der Waals surface area contributed by atoms with E-state index in [-0.39, 0.29) is 16.7 Å². The van der Waals surface area contributed by atoms with Gasteiger partial charge in [-0.2, -0.15) is 0 Å². The van der Waals surface area contributed by atoms with Crippen molar-refractivity contribution in [2.24, 2.45) is 0 Å². The highest BCUT2D eigenvalue weighted by Gasteiger charge is 2.51. The fourth-order valence-corrected chi connectivity index (χ4v) is 4.29. The first-order valence-corrected chi connectivity index (χ1v) is 12.6. The van der Waals surface area contributed by atoms with Crippen LogP contribution in [0.4, 0.5) is 0 Å². The Morgan fingerprint density at radius 3 is 1.79 bits per heavy atom. The topological polar surface area (TPSA) is 117 Å². The van der Waals surface area contributed by atoms with Gasteiger partial charge in [0.2, 0.25) is 5.91 Å². The normalized spacial score (nSPS) is 20.9. The number of esters is 3. The van der Waals surface area contributed by atoms with Gasteiger partial charge in [-0.1, -0.05) is 54.6 Å². The Morgan fingerprint density at radius 2 is 1.28 bits per heavy atom. The van der Waals surface area contributed by atoms with Crippen LogP contribution in [0.15, 0.2) is 91.0 Å². The third-order valence-electron chi connectivity index (χ3n) is 5.85. The lowest BCUT2D eigenvalue weighted by atomic mass is 10.1. The number of amides is 1. The van der Waals surface area contributed by atoms with Gasteiger partial charge in [-0.3, -0.25) is 4.79 Å². The van der Waals surface area contributed by atoms with Gasteiger partial charge in [0.1, 0.15) is 18.1 Å². The van der Waals surface area contributed by atoms with Crippen LogP contribution in [0.5, 0.6) is 0 Å². The molecule has 1 fully saturated rings. The largest absolute Gasteiger partial charge is 0.458 e. The molecular formula is C29H26ClNO8. The van der Waals surface area contributed by atoms with Crippen molar-refractivity contribution in [3.05, 3.63) is 108 Å². The second-order valence-corrected chi connectivity index (χ2v) is 9.18. The quantitative estimate of drug-likeness (QED) is 0.243. The number of rotatable bonds is 9. The highest BCUT2D eigenvalue weighted by atomic mass is 35.5. The summed E-state index contributed by atoms with van der Waals surface area (Å²) in [5, 5.41) is 1.52. The average Bonchev–Trinajstić information content (AvgIpc) is 3.25. The summed E-state index contributed by atoms with van der Waals surface area (Å²) in [7, 11) is 0. The number of ether oxygens (including phenoxy) is 4. The zero-order valence-corrected chi connectivity index (χ0v) is 21.7. The first-order valence-electron chi connectivity index (χ1n) is 12.1. The summed E-state index contributed by atoms with van der Waals surface area (Å²) in [4.78, 5) is 50.4. The zero-order chi connectivity index (χ0) is 27.8. The Bertz CT molecular complexity index is 1290. The van der Waals surface area contributed by atoms with Crippen molar-refractivity contribution < 1.29 is 38.1 Å². The predicted molar refractivity (Wildman–Crippen MR) is 140 cm³/mol. The van der Waals surface area contributed by atoms with Gasteiger partial charge in [0.05, 0.1) is 16.7 Å². The minimum atomic E-state index is -1.25. The Morgan fingerprint density at radius 1 is 0.795 bits per heavy atom. The van der Waals surface area contributed by atoms with Gasteiger partial charge in [0, 0.05) is 6.92 Å². The molecule has 0 unspecified atom stereocenters. The summed E-state index contributed by atoms with van der Waals surface area (Å²) < 4.78 is 22.9. The molecular weight excluding hydrogens is 526 g/mol. The number of hydrogen-bond acceptors (Lipinski definition) is 8. The molecule has 1 saturated heterocycles. The molecule has 202 valence electrons. The molecule has 5 atom stereocenters. The maximum atomic E-state index is 13.0. The number of hydrogen-bond donors (Lipinski definition) is 1. The second kappa shape index (κ2) is 13.0. The van der Waals surface area contributed by atoms with E-state index in [9.17, 15) is 19.2 Å². The molecule has 0 aliphatic carbocycles. The van der Waals surface area contributed by atoms with Gasteiger partial charge in [-0.15, -0.1) is 11.6 Å². The molecule has 1 amide bonds. The number of halogens is 1. The van der Waals surface area contributed by atoms with E-state index in [0.717, 1.165) is 0 Å². The summed E-state index contributed by atoms with van der Waals surface area (Å²) in [6, 6.07) is 24.7. The van der Waals surface area contributed by atoms with Gasteiger partial charge in [0.15, 0.2) is 18.4 Å². The van der Waals surface area contributed by atoms with E-state index in [1.165, 1.54) is 6.92 Å². The highest BCUT2D eigenvalue weighted by molar-refractivity contribution is 6.22. The van der Waals surface area contributed by atoms with Crippen LogP contribution >= 0.6 is 11.6 Å². The zero-order valence-electron chi connectivity index (χ0n) is 20.9. The maximum Gasteiger partial charge on any atom is 0.338 e. The van der Waals surface area contributed by atoms with Crippen molar-refractivity contribution in [3.63, 3.8) is 0 Å².